The van der Waals surface area contributed by atoms with Crippen molar-refractivity contribution in [3.8, 4) is 0 Å². The van der Waals surface area contributed by atoms with Crippen molar-refractivity contribution < 1.29 is 9.90 Å². The van der Waals surface area contributed by atoms with Gasteiger partial charge in [-0.15, -0.1) is 0 Å². The van der Waals surface area contributed by atoms with Crippen LogP contribution in [0.4, 0.5) is 0 Å². The van der Waals surface area contributed by atoms with Crippen LogP contribution in [0.3, 0.4) is 0 Å². The Labute approximate surface area is 70.5 Å². The highest BCUT2D eigenvalue weighted by molar-refractivity contribution is 5.87. The summed E-state index contributed by atoms with van der Waals surface area (Å²) in [5, 5.41) is 9.63. The fraction of sp³-hybridized carbons (Fsp3) is 0.714. The molecular weight excluding hydrogens is 158 g/mol. The van der Waals surface area contributed by atoms with Gasteiger partial charge in [0.15, 0.2) is 11.7 Å². The van der Waals surface area contributed by atoms with Gasteiger partial charge in [0.1, 0.15) is 5.60 Å². The standard InChI is InChI=1S/C7H13N3O2/c1-4(11)7(12)3-2-5(7)10-6(8)9/h5,12H,2-3H2,1H3,(H4,8,9,10). The van der Waals surface area contributed by atoms with Gasteiger partial charge < -0.3 is 16.6 Å². The maximum absolute atomic E-state index is 10.9. The summed E-state index contributed by atoms with van der Waals surface area (Å²) in [5.74, 6) is -0.358. The summed E-state index contributed by atoms with van der Waals surface area (Å²) in [5.41, 5.74) is 8.94. The first-order valence-corrected chi connectivity index (χ1v) is 3.79. The van der Waals surface area contributed by atoms with Crippen LogP contribution >= 0.6 is 0 Å². The monoisotopic (exact) mass is 171 g/mol. The number of ketones is 1. The highest BCUT2D eigenvalue weighted by Gasteiger charge is 2.49. The number of carbonyl (C=O) groups is 1. The Balaban J connectivity index is 2.72. The molecule has 1 aliphatic rings. The summed E-state index contributed by atoms with van der Waals surface area (Å²) in [7, 11) is 0. The van der Waals surface area contributed by atoms with Crippen molar-refractivity contribution in [2.45, 2.75) is 31.4 Å². The van der Waals surface area contributed by atoms with Gasteiger partial charge in [0.05, 0.1) is 6.04 Å². The molecule has 0 aromatic heterocycles. The van der Waals surface area contributed by atoms with Crippen molar-refractivity contribution in [1.82, 2.24) is 0 Å². The third kappa shape index (κ3) is 1.27. The molecule has 0 radical (unpaired) electrons. The van der Waals surface area contributed by atoms with E-state index in [9.17, 15) is 9.90 Å². The molecule has 1 saturated carbocycles. The molecule has 5 N–H and O–H groups in total. The summed E-state index contributed by atoms with van der Waals surface area (Å²) >= 11 is 0. The minimum absolute atomic E-state index is 0.0839. The number of hydrogen-bond acceptors (Lipinski definition) is 3. The van der Waals surface area contributed by atoms with Crippen molar-refractivity contribution >= 4 is 11.7 Å². The van der Waals surface area contributed by atoms with E-state index in [0.29, 0.717) is 12.8 Å². The Kier molecular flexibility index (Phi) is 2.06. The van der Waals surface area contributed by atoms with E-state index in [1.54, 1.807) is 0 Å². The quantitative estimate of drug-likeness (QED) is 0.356. The van der Waals surface area contributed by atoms with Crippen molar-refractivity contribution in [3.05, 3.63) is 0 Å². The minimum Gasteiger partial charge on any atom is -0.380 e. The molecule has 0 heterocycles. The average Bonchev–Trinajstić information content (AvgIpc) is 1.96. The molecule has 1 aliphatic carbocycles. The van der Waals surface area contributed by atoms with Gasteiger partial charge in [-0.1, -0.05) is 0 Å². The van der Waals surface area contributed by atoms with E-state index in [-0.39, 0.29) is 11.7 Å². The zero-order valence-electron chi connectivity index (χ0n) is 6.95. The number of nitrogens with zero attached hydrogens (tertiary/aromatic N) is 1. The van der Waals surface area contributed by atoms with Gasteiger partial charge in [0.2, 0.25) is 0 Å². The minimum atomic E-state index is -1.32. The van der Waals surface area contributed by atoms with Crippen molar-refractivity contribution in [1.29, 1.82) is 0 Å². The number of rotatable bonds is 2. The predicted molar refractivity (Wildman–Crippen MR) is 44.5 cm³/mol. The van der Waals surface area contributed by atoms with Crippen LogP contribution in [0.1, 0.15) is 19.8 Å². The van der Waals surface area contributed by atoms with Gasteiger partial charge in [-0.2, -0.15) is 0 Å². The van der Waals surface area contributed by atoms with Gasteiger partial charge in [-0.25, -0.2) is 4.99 Å². The highest BCUT2D eigenvalue weighted by Crippen LogP contribution is 2.35. The lowest BCUT2D eigenvalue weighted by Crippen LogP contribution is -2.56. The van der Waals surface area contributed by atoms with Crippen LogP contribution in [-0.4, -0.2) is 28.5 Å². The molecular formula is C7H13N3O2. The number of Topliss-reactive ketones (excluding diaryl/α,β-unsaturated/α-hetero) is 1. The zero-order chi connectivity index (χ0) is 9.35. The topological polar surface area (TPSA) is 102 Å². The largest absolute Gasteiger partial charge is 0.380 e. The van der Waals surface area contributed by atoms with E-state index in [1.807, 2.05) is 0 Å². The second-order valence-electron chi connectivity index (χ2n) is 3.09. The Hall–Kier alpha value is -1.10. The van der Waals surface area contributed by atoms with E-state index in [4.69, 9.17) is 11.5 Å². The van der Waals surface area contributed by atoms with Gasteiger partial charge in [0.25, 0.3) is 0 Å². The van der Waals surface area contributed by atoms with Crippen molar-refractivity contribution in [2.75, 3.05) is 0 Å². The molecule has 1 rings (SSSR count). The van der Waals surface area contributed by atoms with E-state index in [0.717, 1.165) is 0 Å². The molecule has 68 valence electrons. The normalized spacial score (nSPS) is 33.7. The number of nitrogens with two attached hydrogens (primary N) is 2. The number of carbonyl (C=O) groups excluding carboxylic acids is 1. The van der Waals surface area contributed by atoms with Crippen LogP contribution in [0.5, 0.6) is 0 Å². The van der Waals surface area contributed by atoms with Crippen LogP contribution in [0.15, 0.2) is 4.99 Å². The van der Waals surface area contributed by atoms with Crippen LogP contribution in [0.2, 0.25) is 0 Å². The first kappa shape index (κ1) is 8.99. The molecule has 0 aliphatic heterocycles. The Morgan fingerprint density at radius 3 is 2.50 bits per heavy atom. The number of guanidine groups is 1. The molecule has 0 amide bonds. The lowest BCUT2D eigenvalue weighted by Gasteiger charge is -2.40. The Morgan fingerprint density at radius 1 is 1.67 bits per heavy atom. The van der Waals surface area contributed by atoms with Crippen LogP contribution in [-0.2, 0) is 4.79 Å². The van der Waals surface area contributed by atoms with E-state index < -0.39 is 11.6 Å². The molecule has 0 aromatic carbocycles. The zero-order valence-corrected chi connectivity index (χ0v) is 6.95. The van der Waals surface area contributed by atoms with Gasteiger partial charge >= 0.3 is 0 Å². The molecule has 0 aromatic rings. The molecule has 0 bridgehead atoms. The van der Waals surface area contributed by atoms with E-state index >= 15 is 0 Å². The number of aliphatic hydroxyl groups is 1. The predicted octanol–water partition coefficient (Wildman–Crippen LogP) is -1.26. The lowest BCUT2D eigenvalue weighted by molar-refractivity contribution is -0.146. The fourth-order valence-corrected chi connectivity index (χ4v) is 1.31. The summed E-state index contributed by atoms with van der Waals surface area (Å²) in [6.45, 7) is 1.34. The first-order valence-electron chi connectivity index (χ1n) is 3.79. The lowest BCUT2D eigenvalue weighted by atomic mass is 9.73. The van der Waals surface area contributed by atoms with Gasteiger partial charge in [0, 0.05) is 0 Å². The summed E-state index contributed by atoms with van der Waals surface area (Å²) < 4.78 is 0. The van der Waals surface area contributed by atoms with Crippen molar-refractivity contribution in [2.24, 2.45) is 16.5 Å². The van der Waals surface area contributed by atoms with E-state index in [2.05, 4.69) is 4.99 Å². The number of aliphatic imine (C=N–C) groups is 1. The van der Waals surface area contributed by atoms with Gasteiger partial charge in [-0.05, 0) is 19.8 Å². The third-order valence-electron chi connectivity index (χ3n) is 2.26. The summed E-state index contributed by atoms with van der Waals surface area (Å²) in [4.78, 5) is 14.7. The highest BCUT2D eigenvalue weighted by atomic mass is 16.3. The molecule has 12 heavy (non-hydrogen) atoms. The van der Waals surface area contributed by atoms with Crippen LogP contribution in [0.25, 0.3) is 0 Å². The molecule has 2 atom stereocenters. The van der Waals surface area contributed by atoms with Gasteiger partial charge in [-0.3, -0.25) is 4.79 Å². The number of hydrogen-bond donors (Lipinski definition) is 3. The Morgan fingerprint density at radius 2 is 2.25 bits per heavy atom. The first-order chi connectivity index (χ1) is 5.47. The molecule has 1 fully saturated rings. The van der Waals surface area contributed by atoms with Crippen LogP contribution in [0, 0.1) is 0 Å². The SMILES string of the molecule is CC(=O)C1(O)CCC1N=C(N)N. The van der Waals surface area contributed by atoms with Crippen molar-refractivity contribution in [3.63, 3.8) is 0 Å². The van der Waals surface area contributed by atoms with Crippen LogP contribution < -0.4 is 11.5 Å². The molecule has 0 saturated heterocycles. The average molecular weight is 171 g/mol. The summed E-state index contributed by atoms with van der Waals surface area (Å²) in [6, 6.07) is -0.444. The molecule has 5 nitrogen and oxygen atoms in total. The second kappa shape index (κ2) is 2.75. The maximum Gasteiger partial charge on any atom is 0.186 e. The third-order valence-corrected chi connectivity index (χ3v) is 2.26. The molecule has 0 spiro atoms. The van der Waals surface area contributed by atoms with E-state index in [1.165, 1.54) is 6.92 Å². The second-order valence-corrected chi connectivity index (χ2v) is 3.09. The fourth-order valence-electron chi connectivity index (χ4n) is 1.31. The smallest absolute Gasteiger partial charge is 0.186 e. The Bertz CT molecular complexity index is 235. The maximum atomic E-state index is 10.9. The summed E-state index contributed by atoms with van der Waals surface area (Å²) in [6.07, 6.45) is 1.11. The molecule has 5 heteroatoms. The molecule has 2 unspecified atom stereocenters.